The van der Waals surface area contributed by atoms with Gasteiger partial charge in [0.15, 0.2) is 5.82 Å². The standard InChI is InChI=1S/C13H21N3O2/c1-10(2)16-8-7-14-11(12(16)17)15-9-13(18-3)5-4-6-13/h7-8,10H,4-6,9H2,1-3H3,(H,14,15). The molecule has 0 aliphatic heterocycles. The molecule has 1 aliphatic rings. The summed E-state index contributed by atoms with van der Waals surface area (Å²) in [5.41, 5.74) is -0.176. The van der Waals surface area contributed by atoms with E-state index >= 15 is 0 Å². The number of rotatable bonds is 5. The topological polar surface area (TPSA) is 56.1 Å². The van der Waals surface area contributed by atoms with E-state index in [4.69, 9.17) is 4.74 Å². The molecular formula is C13H21N3O2. The van der Waals surface area contributed by atoms with E-state index in [2.05, 4.69) is 10.3 Å². The van der Waals surface area contributed by atoms with Crippen molar-refractivity contribution in [3.05, 3.63) is 22.7 Å². The summed E-state index contributed by atoms with van der Waals surface area (Å²) in [6, 6.07) is 0.140. The Hall–Kier alpha value is -1.36. The zero-order valence-electron chi connectivity index (χ0n) is 11.3. The van der Waals surface area contributed by atoms with Crippen molar-refractivity contribution >= 4 is 5.82 Å². The molecule has 1 N–H and O–H groups in total. The van der Waals surface area contributed by atoms with Gasteiger partial charge in [-0.25, -0.2) is 4.98 Å². The monoisotopic (exact) mass is 251 g/mol. The van der Waals surface area contributed by atoms with Crippen LogP contribution in [0.5, 0.6) is 0 Å². The molecule has 1 aromatic rings. The molecular weight excluding hydrogens is 230 g/mol. The quantitative estimate of drug-likeness (QED) is 0.867. The second kappa shape index (κ2) is 5.10. The van der Waals surface area contributed by atoms with Gasteiger partial charge in [-0.3, -0.25) is 4.79 Å². The zero-order chi connectivity index (χ0) is 13.2. The van der Waals surface area contributed by atoms with Crippen molar-refractivity contribution in [1.29, 1.82) is 0 Å². The molecule has 0 saturated heterocycles. The van der Waals surface area contributed by atoms with Crippen LogP contribution in [0.4, 0.5) is 5.82 Å². The Morgan fingerprint density at radius 2 is 2.28 bits per heavy atom. The van der Waals surface area contributed by atoms with Crippen molar-refractivity contribution in [2.75, 3.05) is 19.0 Å². The Morgan fingerprint density at radius 1 is 1.56 bits per heavy atom. The SMILES string of the molecule is COC1(CNc2nccn(C(C)C)c2=O)CCC1. The zero-order valence-corrected chi connectivity index (χ0v) is 11.3. The summed E-state index contributed by atoms with van der Waals surface area (Å²) in [5, 5.41) is 3.13. The molecule has 0 radical (unpaired) electrons. The minimum Gasteiger partial charge on any atom is -0.376 e. The molecule has 0 aromatic carbocycles. The van der Waals surface area contributed by atoms with Gasteiger partial charge in [0, 0.05) is 32.1 Å². The Balaban J connectivity index is 2.10. The number of methoxy groups -OCH3 is 1. The third kappa shape index (κ3) is 2.41. The summed E-state index contributed by atoms with van der Waals surface area (Å²) in [7, 11) is 1.73. The van der Waals surface area contributed by atoms with Crippen LogP contribution in [0.1, 0.15) is 39.2 Å². The minimum absolute atomic E-state index is 0.0712. The van der Waals surface area contributed by atoms with Crippen LogP contribution in [-0.4, -0.2) is 28.8 Å². The van der Waals surface area contributed by atoms with E-state index in [1.807, 2.05) is 13.8 Å². The summed E-state index contributed by atoms with van der Waals surface area (Å²) in [4.78, 5) is 16.2. The van der Waals surface area contributed by atoms with Crippen molar-refractivity contribution in [3.8, 4) is 0 Å². The number of nitrogens with zero attached hydrogens (tertiary/aromatic N) is 2. The summed E-state index contributed by atoms with van der Waals surface area (Å²) in [6.45, 7) is 4.61. The van der Waals surface area contributed by atoms with Crippen molar-refractivity contribution < 1.29 is 4.74 Å². The van der Waals surface area contributed by atoms with Crippen LogP contribution in [-0.2, 0) is 4.74 Å². The summed E-state index contributed by atoms with van der Waals surface area (Å²) < 4.78 is 7.19. The lowest BCUT2D eigenvalue weighted by molar-refractivity contribution is -0.0601. The minimum atomic E-state index is -0.105. The molecule has 0 unspecified atom stereocenters. The van der Waals surface area contributed by atoms with Gasteiger partial charge < -0.3 is 14.6 Å². The van der Waals surface area contributed by atoms with Crippen LogP contribution in [0.15, 0.2) is 17.2 Å². The van der Waals surface area contributed by atoms with Gasteiger partial charge >= 0.3 is 0 Å². The molecule has 0 spiro atoms. The lowest BCUT2D eigenvalue weighted by Crippen LogP contribution is -2.46. The summed E-state index contributed by atoms with van der Waals surface area (Å²) in [6.07, 6.45) is 6.65. The lowest BCUT2D eigenvalue weighted by atomic mass is 9.80. The van der Waals surface area contributed by atoms with Crippen LogP contribution < -0.4 is 10.9 Å². The lowest BCUT2D eigenvalue weighted by Gasteiger charge is -2.40. The maximum atomic E-state index is 12.1. The highest BCUT2D eigenvalue weighted by Crippen LogP contribution is 2.34. The highest BCUT2D eigenvalue weighted by atomic mass is 16.5. The van der Waals surface area contributed by atoms with E-state index in [-0.39, 0.29) is 17.2 Å². The van der Waals surface area contributed by atoms with E-state index in [0.29, 0.717) is 12.4 Å². The molecule has 1 fully saturated rings. The first-order valence-electron chi connectivity index (χ1n) is 6.44. The molecule has 5 nitrogen and oxygen atoms in total. The van der Waals surface area contributed by atoms with Gasteiger partial charge in [0.05, 0.1) is 5.60 Å². The first kappa shape index (κ1) is 13.1. The molecule has 1 saturated carbocycles. The maximum absolute atomic E-state index is 12.1. The van der Waals surface area contributed by atoms with Crippen molar-refractivity contribution in [2.24, 2.45) is 0 Å². The third-order valence-corrected chi connectivity index (χ3v) is 3.70. The van der Waals surface area contributed by atoms with Crippen LogP contribution in [0, 0.1) is 0 Å². The second-order valence-electron chi connectivity index (χ2n) is 5.18. The van der Waals surface area contributed by atoms with Crippen LogP contribution >= 0.6 is 0 Å². The molecule has 0 bridgehead atoms. The molecule has 0 atom stereocenters. The highest BCUT2D eigenvalue weighted by molar-refractivity contribution is 5.32. The smallest absolute Gasteiger partial charge is 0.293 e. The van der Waals surface area contributed by atoms with Crippen molar-refractivity contribution in [1.82, 2.24) is 9.55 Å². The molecule has 1 aliphatic carbocycles. The van der Waals surface area contributed by atoms with Gasteiger partial charge in [-0.2, -0.15) is 0 Å². The van der Waals surface area contributed by atoms with Gasteiger partial charge in [0.2, 0.25) is 0 Å². The van der Waals surface area contributed by atoms with Crippen molar-refractivity contribution in [3.63, 3.8) is 0 Å². The molecule has 18 heavy (non-hydrogen) atoms. The molecule has 2 rings (SSSR count). The van der Waals surface area contributed by atoms with Gasteiger partial charge in [0.1, 0.15) is 0 Å². The van der Waals surface area contributed by atoms with Gasteiger partial charge in [-0.05, 0) is 33.1 Å². The largest absolute Gasteiger partial charge is 0.376 e. The molecule has 5 heteroatoms. The van der Waals surface area contributed by atoms with Crippen LogP contribution in [0.3, 0.4) is 0 Å². The fourth-order valence-corrected chi connectivity index (χ4v) is 2.22. The average Bonchev–Trinajstić information content (AvgIpc) is 2.29. The number of hydrogen-bond donors (Lipinski definition) is 1. The number of hydrogen-bond acceptors (Lipinski definition) is 4. The molecule has 1 heterocycles. The van der Waals surface area contributed by atoms with E-state index in [9.17, 15) is 4.79 Å². The summed E-state index contributed by atoms with van der Waals surface area (Å²) >= 11 is 0. The Labute approximate surface area is 107 Å². The van der Waals surface area contributed by atoms with Crippen LogP contribution in [0.25, 0.3) is 0 Å². The summed E-state index contributed by atoms with van der Waals surface area (Å²) in [5.74, 6) is 0.412. The predicted molar refractivity (Wildman–Crippen MR) is 71.0 cm³/mol. The predicted octanol–water partition coefficient (Wildman–Crippen LogP) is 1.81. The highest BCUT2D eigenvalue weighted by Gasteiger charge is 2.36. The number of anilines is 1. The number of ether oxygens (including phenoxy) is 1. The normalized spacial score (nSPS) is 17.6. The van der Waals surface area contributed by atoms with Gasteiger partial charge in [0.25, 0.3) is 5.56 Å². The van der Waals surface area contributed by atoms with E-state index in [1.54, 1.807) is 24.1 Å². The Bertz CT molecular complexity index is 458. The second-order valence-corrected chi connectivity index (χ2v) is 5.18. The average molecular weight is 251 g/mol. The first-order chi connectivity index (χ1) is 8.58. The fourth-order valence-electron chi connectivity index (χ4n) is 2.22. The van der Waals surface area contributed by atoms with Gasteiger partial charge in [-0.15, -0.1) is 0 Å². The third-order valence-electron chi connectivity index (χ3n) is 3.70. The van der Waals surface area contributed by atoms with E-state index < -0.39 is 0 Å². The van der Waals surface area contributed by atoms with E-state index in [1.165, 1.54) is 6.42 Å². The van der Waals surface area contributed by atoms with E-state index in [0.717, 1.165) is 12.8 Å². The Morgan fingerprint density at radius 3 is 2.78 bits per heavy atom. The van der Waals surface area contributed by atoms with Gasteiger partial charge in [-0.1, -0.05) is 0 Å². The molecule has 0 amide bonds. The number of nitrogens with one attached hydrogen (secondary N) is 1. The fraction of sp³-hybridized carbons (Fsp3) is 0.692. The Kier molecular flexibility index (Phi) is 3.71. The molecule has 1 aromatic heterocycles. The first-order valence-corrected chi connectivity index (χ1v) is 6.44. The van der Waals surface area contributed by atoms with Crippen LogP contribution in [0.2, 0.25) is 0 Å². The van der Waals surface area contributed by atoms with Crippen molar-refractivity contribution in [2.45, 2.75) is 44.8 Å². The maximum Gasteiger partial charge on any atom is 0.293 e. The number of aromatic nitrogens is 2. The molecule has 100 valence electrons.